The third kappa shape index (κ3) is 3.04. The summed E-state index contributed by atoms with van der Waals surface area (Å²) < 4.78 is 0. The molecule has 0 nitrogen and oxygen atoms in total. The third-order valence-electron chi connectivity index (χ3n) is 2.34. The van der Waals surface area contributed by atoms with Gasteiger partial charge in [-0.25, -0.2) is 0 Å². The first-order valence-corrected chi connectivity index (χ1v) is 5.39. The molecule has 0 bridgehead atoms. The fourth-order valence-corrected chi connectivity index (χ4v) is 1.88. The average Bonchev–Trinajstić information content (AvgIpc) is 2.15. The first-order valence-electron chi connectivity index (χ1n) is 4.95. The molecule has 0 fully saturated rings. The lowest BCUT2D eigenvalue weighted by Crippen LogP contribution is -1.93. The first-order chi connectivity index (χ1) is 6.25. The van der Waals surface area contributed by atoms with E-state index in [0.29, 0.717) is 0 Å². The lowest BCUT2D eigenvalue weighted by Gasteiger charge is -2.11. The molecular formula is C12H17Cl. The van der Waals surface area contributed by atoms with Crippen LogP contribution in [0.3, 0.4) is 0 Å². The molecule has 72 valence electrons. The molecule has 1 atom stereocenters. The van der Waals surface area contributed by atoms with Crippen LogP contribution in [0.25, 0.3) is 0 Å². The topological polar surface area (TPSA) is 0 Å². The largest absolute Gasteiger partial charge is 0.118 e. The van der Waals surface area contributed by atoms with Gasteiger partial charge in [-0.2, -0.15) is 0 Å². The second-order valence-electron chi connectivity index (χ2n) is 3.47. The molecule has 0 amide bonds. The van der Waals surface area contributed by atoms with Crippen LogP contribution in [0.15, 0.2) is 24.3 Å². The van der Waals surface area contributed by atoms with Gasteiger partial charge in [-0.1, -0.05) is 44.0 Å². The van der Waals surface area contributed by atoms with Crippen LogP contribution in [-0.4, -0.2) is 0 Å². The highest BCUT2D eigenvalue weighted by atomic mass is 35.5. The zero-order chi connectivity index (χ0) is 9.68. The number of hydrogen-bond acceptors (Lipinski definition) is 0. The summed E-state index contributed by atoms with van der Waals surface area (Å²) in [6.07, 6.45) is 3.51. The number of rotatable bonds is 4. The van der Waals surface area contributed by atoms with Gasteiger partial charge >= 0.3 is 0 Å². The molecule has 1 aromatic carbocycles. The van der Waals surface area contributed by atoms with E-state index in [4.69, 9.17) is 11.6 Å². The van der Waals surface area contributed by atoms with Crippen molar-refractivity contribution in [1.29, 1.82) is 0 Å². The summed E-state index contributed by atoms with van der Waals surface area (Å²) in [6, 6.07) is 8.37. The van der Waals surface area contributed by atoms with Gasteiger partial charge in [0.25, 0.3) is 0 Å². The quantitative estimate of drug-likeness (QED) is 0.624. The van der Waals surface area contributed by atoms with Crippen LogP contribution in [-0.2, 0) is 0 Å². The number of benzene rings is 1. The molecule has 1 unspecified atom stereocenters. The van der Waals surface area contributed by atoms with E-state index in [-0.39, 0.29) is 5.38 Å². The van der Waals surface area contributed by atoms with Gasteiger partial charge in [-0.05, 0) is 24.5 Å². The lowest BCUT2D eigenvalue weighted by molar-refractivity contribution is 0.699. The molecule has 0 aliphatic rings. The van der Waals surface area contributed by atoms with Crippen LogP contribution in [0.5, 0.6) is 0 Å². The Kier molecular flexibility index (Phi) is 4.31. The molecule has 0 aromatic heterocycles. The molecule has 1 heteroatoms. The van der Waals surface area contributed by atoms with E-state index in [1.165, 1.54) is 24.0 Å². The third-order valence-corrected chi connectivity index (χ3v) is 2.79. The van der Waals surface area contributed by atoms with Crippen molar-refractivity contribution in [3.05, 3.63) is 35.4 Å². The molecule has 0 saturated heterocycles. The van der Waals surface area contributed by atoms with Crippen molar-refractivity contribution in [2.24, 2.45) is 0 Å². The fraction of sp³-hybridized carbons (Fsp3) is 0.500. The highest BCUT2D eigenvalue weighted by molar-refractivity contribution is 6.20. The summed E-state index contributed by atoms with van der Waals surface area (Å²) in [5, 5.41) is 0.196. The minimum atomic E-state index is 0.196. The summed E-state index contributed by atoms with van der Waals surface area (Å²) in [5.41, 5.74) is 2.59. The number of alkyl halides is 1. The smallest absolute Gasteiger partial charge is 0.0587 e. The fourth-order valence-electron chi connectivity index (χ4n) is 1.48. The van der Waals surface area contributed by atoms with Crippen molar-refractivity contribution < 1.29 is 0 Å². The van der Waals surface area contributed by atoms with Crippen LogP contribution >= 0.6 is 11.6 Å². The van der Waals surface area contributed by atoms with E-state index in [9.17, 15) is 0 Å². The molecular weight excluding hydrogens is 180 g/mol. The summed E-state index contributed by atoms with van der Waals surface area (Å²) in [5.74, 6) is 0. The van der Waals surface area contributed by atoms with Crippen LogP contribution in [0, 0.1) is 6.92 Å². The Morgan fingerprint density at radius 1 is 1.31 bits per heavy atom. The molecule has 0 radical (unpaired) electrons. The summed E-state index contributed by atoms with van der Waals surface area (Å²) in [4.78, 5) is 0. The zero-order valence-electron chi connectivity index (χ0n) is 8.39. The Bertz CT molecular complexity index is 255. The minimum Gasteiger partial charge on any atom is -0.118 e. The summed E-state index contributed by atoms with van der Waals surface area (Å²) in [7, 11) is 0. The van der Waals surface area contributed by atoms with E-state index in [1.807, 2.05) is 0 Å². The van der Waals surface area contributed by atoms with Crippen molar-refractivity contribution in [2.45, 2.75) is 38.5 Å². The van der Waals surface area contributed by atoms with Crippen LogP contribution in [0.2, 0.25) is 0 Å². The second kappa shape index (κ2) is 5.29. The van der Waals surface area contributed by atoms with Crippen molar-refractivity contribution in [2.75, 3.05) is 0 Å². The zero-order valence-corrected chi connectivity index (χ0v) is 9.14. The van der Waals surface area contributed by atoms with Crippen molar-refractivity contribution in [1.82, 2.24) is 0 Å². The molecule has 0 heterocycles. The predicted octanol–water partition coefficient (Wildman–Crippen LogP) is 4.47. The molecule has 0 spiro atoms. The Morgan fingerprint density at radius 3 is 2.62 bits per heavy atom. The lowest BCUT2D eigenvalue weighted by atomic mass is 10.0. The molecule has 1 rings (SSSR count). The van der Waals surface area contributed by atoms with Crippen LogP contribution < -0.4 is 0 Å². The summed E-state index contributed by atoms with van der Waals surface area (Å²) >= 11 is 6.29. The Balaban J connectivity index is 2.65. The maximum atomic E-state index is 6.29. The second-order valence-corrected chi connectivity index (χ2v) is 3.99. The van der Waals surface area contributed by atoms with Gasteiger partial charge in [-0.15, -0.1) is 11.6 Å². The monoisotopic (exact) mass is 196 g/mol. The van der Waals surface area contributed by atoms with Crippen LogP contribution in [0.1, 0.15) is 42.7 Å². The number of halogens is 1. The number of unbranched alkanes of at least 4 members (excludes halogenated alkanes) is 1. The molecule has 0 saturated carbocycles. The first kappa shape index (κ1) is 10.6. The SMILES string of the molecule is CCCCC(Cl)c1ccccc1C. The van der Waals surface area contributed by atoms with Crippen molar-refractivity contribution >= 4 is 11.6 Å². The van der Waals surface area contributed by atoms with E-state index < -0.39 is 0 Å². The van der Waals surface area contributed by atoms with E-state index in [0.717, 1.165) is 6.42 Å². The Labute approximate surface area is 85.9 Å². The van der Waals surface area contributed by atoms with Gasteiger partial charge < -0.3 is 0 Å². The van der Waals surface area contributed by atoms with E-state index >= 15 is 0 Å². The van der Waals surface area contributed by atoms with Crippen LogP contribution in [0.4, 0.5) is 0 Å². The number of aryl methyl sites for hydroxylation is 1. The van der Waals surface area contributed by atoms with Gasteiger partial charge in [0.2, 0.25) is 0 Å². The predicted molar refractivity (Wildman–Crippen MR) is 59.3 cm³/mol. The molecule has 0 N–H and O–H groups in total. The van der Waals surface area contributed by atoms with Gasteiger partial charge in [0.05, 0.1) is 5.38 Å². The Morgan fingerprint density at radius 2 is 2.00 bits per heavy atom. The van der Waals surface area contributed by atoms with Gasteiger partial charge in [0.1, 0.15) is 0 Å². The van der Waals surface area contributed by atoms with E-state index in [1.54, 1.807) is 0 Å². The maximum Gasteiger partial charge on any atom is 0.0587 e. The van der Waals surface area contributed by atoms with Crippen molar-refractivity contribution in [3.8, 4) is 0 Å². The number of hydrogen-bond donors (Lipinski definition) is 0. The average molecular weight is 197 g/mol. The summed E-state index contributed by atoms with van der Waals surface area (Å²) in [6.45, 7) is 4.32. The highest BCUT2D eigenvalue weighted by Gasteiger charge is 2.08. The Hall–Kier alpha value is -0.490. The normalized spacial score (nSPS) is 12.8. The molecule has 0 aliphatic carbocycles. The minimum absolute atomic E-state index is 0.196. The highest BCUT2D eigenvalue weighted by Crippen LogP contribution is 2.28. The van der Waals surface area contributed by atoms with Gasteiger partial charge in [-0.3, -0.25) is 0 Å². The molecule has 13 heavy (non-hydrogen) atoms. The van der Waals surface area contributed by atoms with E-state index in [2.05, 4.69) is 38.1 Å². The standard InChI is InChI=1S/C12H17Cl/c1-3-4-9-12(13)11-8-6-5-7-10(11)2/h5-8,12H,3-4,9H2,1-2H3. The maximum absolute atomic E-state index is 6.29. The van der Waals surface area contributed by atoms with Gasteiger partial charge in [0, 0.05) is 0 Å². The van der Waals surface area contributed by atoms with Crippen molar-refractivity contribution in [3.63, 3.8) is 0 Å². The molecule has 0 aliphatic heterocycles. The van der Waals surface area contributed by atoms with Gasteiger partial charge in [0.15, 0.2) is 0 Å². The molecule has 1 aromatic rings.